The summed E-state index contributed by atoms with van der Waals surface area (Å²) in [6, 6.07) is 24.5. The molecule has 124 valence electrons. The molecule has 0 aliphatic carbocycles. The molecule has 25 heavy (non-hydrogen) atoms. The van der Waals surface area contributed by atoms with E-state index >= 15 is 0 Å². The maximum absolute atomic E-state index is 6.05. The van der Waals surface area contributed by atoms with E-state index in [1.807, 2.05) is 36.4 Å². The van der Waals surface area contributed by atoms with Crippen LogP contribution in [0.1, 0.15) is 11.9 Å². The van der Waals surface area contributed by atoms with Crippen LogP contribution >= 0.6 is 0 Å². The minimum absolute atomic E-state index is 0.252. The van der Waals surface area contributed by atoms with Crippen LogP contribution in [-0.2, 0) is 9.47 Å². The Labute approximate surface area is 146 Å². The quantitative estimate of drug-likeness (QED) is 0.498. The normalized spacial score (nSPS) is 16.2. The lowest BCUT2D eigenvalue weighted by atomic mass is 10.1. The van der Waals surface area contributed by atoms with Gasteiger partial charge in [-0.2, -0.15) is 0 Å². The molecule has 4 nitrogen and oxygen atoms in total. The number of hydrogen-bond donors (Lipinski definition) is 0. The average Bonchev–Trinajstić information content (AvgIpc) is 3.21. The first-order chi connectivity index (χ1) is 12.4. The SMILES string of the molecule is c1ccc2c(c1)Oc1ccccc1N2c1ccc(C2OCCO2)cc1. The lowest BCUT2D eigenvalue weighted by Gasteiger charge is -2.32. The zero-order valence-electron chi connectivity index (χ0n) is 13.6. The monoisotopic (exact) mass is 331 g/mol. The summed E-state index contributed by atoms with van der Waals surface area (Å²) in [4.78, 5) is 2.22. The molecule has 5 rings (SSSR count). The van der Waals surface area contributed by atoms with Gasteiger partial charge in [0.15, 0.2) is 17.8 Å². The van der Waals surface area contributed by atoms with Crippen LogP contribution in [0.4, 0.5) is 17.1 Å². The van der Waals surface area contributed by atoms with Gasteiger partial charge in [-0.3, -0.25) is 0 Å². The van der Waals surface area contributed by atoms with E-state index in [9.17, 15) is 0 Å². The van der Waals surface area contributed by atoms with Crippen molar-refractivity contribution in [3.8, 4) is 11.5 Å². The highest BCUT2D eigenvalue weighted by Gasteiger charge is 2.25. The zero-order chi connectivity index (χ0) is 16.6. The van der Waals surface area contributed by atoms with Gasteiger partial charge in [-0.25, -0.2) is 0 Å². The smallest absolute Gasteiger partial charge is 0.184 e. The number of anilines is 3. The molecule has 2 aliphatic heterocycles. The third-order valence-corrected chi connectivity index (χ3v) is 4.48. The maximum Gasteiger partial charge on any atom is 0.184 e. The summed E-state index contributed by atoms with van der Waals surface area (Å²) in [7, 11) is 0. The Morgan fingerprint density at radius 3 is 1.84 bits per heavy atom. The van der Waals surface area contributed by atoms with E-state index in [0.717, 1.165) is 34.1 Å². The third kappa shape index (κ3) is 2.47. The van der Waals surface area contributed by atoms with E-state index in [4.69, 9.17) is 14.2 Å². The van der Waals surface area contributed by atoms with Crippen LogP contribution in [0.25, 0.3) is 0 Å². The number of rotatable bonds is 2. The molecule has 0 saturated carbocycles. The maximum atomic E-state index is 6.05. The van der Waals surface area contributed by atoms with E-state index in [-0.39, 0.29) is 6.29 Å². The lowest BCUT2D eigenvalue weighted by molar-refractivity contribution is -0.0441. The minimum atomic E-state index is -0.252. The molecule has 3 aromatic rings. The van der Waals surface area contributed by atoms with Crippen LogP contribution in [0.5, 0.6) is 11.5 Å². The Bertz CT molecular complexity index is 856. The Morgan fingerprint density at radius 2 is 1.24 bits per heavy atom. The third-order valence-electron chi connectivity index (χ3n) is 4.48. The molecule has 0 radical (unpaired) electrons. The molecule has 0 N–H and O–H groups in total. The summed E-state index contributed by atoms with van der Waals surface area (Å²) in [6.07, 6.45) is -0.252. The summed E-state index contributed by atoms with van der Waals surface area (Å²) in [5.41, 5.74) is 4.17. The molecule has 0 unspecified atom stereocenters. The summed E-state index contributed by atoms with van der Waals surface area (Å²) in [5, 5.41) is 0. The molecule has 0 aromatic heterocycles. The van der Waals surface area contributed by atoms with E-state index in [1.54, 1.807) is 0 Å². The number of fused-ring (bicyclic) bond motifs is 2. The first kappa shape index (κ1) is 14.5. The van der Waals surface area contributed by atoms with Crippen LogP contribution in [0.15, 0.2) is 72.8 Å². The van der Waals surface area contributed by atoms with Crippen LogP contribution in [0.2, 0.25) is 0 Å². The first-order valence-corrected chi connectivity index (χ1v) is 8.39. The van der Waals surface area contributed by atoms with Crippen molar-refractivity contribution < 1.29 is 14.2 Å². The van der Waals surface area contributed by atoms with E-state index in [0.29, 0.717) is 13.2 Å². The van der Waals surface area contributed by atoms with Gasteiger partial charge < -0.3 is 19.1 Å². The highest BCUT2D eigenvalue weighted by atomic mass is 16.7. The largest absolute Gasteiger partial charge is 0.453 e. The lowest BCUT2D eigenvalue weighted by Crippen LogP contribution is -2.15. The van der Waals surface area contributed by atoms with E-state index in [1.165, 1.54) is 0 Å². The number of benzene rings is 3. The van der Waals surface area contributed by atoms with Crippen molar-refractivity contribution in [2.24, 2.45) is 0 Å². The van der Waals surface area contributed by atoms with Crippen molar-refractivity contribution in [3.05, 3.63) is 78.4 Å². The minimum Gasteiger partial charge on any atom is -0.453 e. The van der Waals surface area contributed by atoms with Gasteiger partial charge in [0.2, 0.25) is 0 Å². The summed E-state index contributed by atoms with van der Waals surface area (Å²) >= 11 is 0. The fourth-order valence-corrected chi connectivity index (χ4v) is 3.31. The van der Waals surface area contributed by atoms with Crippen molar-refractivity contribution in [2.75, 3.05) is 18.1 Å². The zero-order valence-corrected chi connectivity index (χ0v) is 13.6. The number of nitrogens with zero attached hydrogens (tertiary/aromatic N) is 1. The van der Waals surface area contributed by atoms with Crippen molar-refractivity contribution in [1.29, 1.82) is 0 Å². The highest BCUT2D eigenvalue weighted by molar-refractivity contribution is 5.86. The molecular formula is C21H17NO3. The standard InChI is InChI=1S/C21H17NO3/c1-3-7-19-17(5-1)22(18-6-2-4-8-20(18)25-19)16-11-9-15(10-12-16)21-23-13-14-24-21/h1-12,21H,13-14H2. The molecule has 2 heterocycles. The van der Waals surface area contributed by atoms with Gasteiger partial charge in [0, 0.05) is 11.3 Å². The molecule has 0 spiro atoms. The Hall–Kier alpha value is -2.82. The van der Waals surface area contributed by atoms with Crippen LogP contribution in [-0.4, -0.2) is 13.2 Å². The number of hydrogen-bond acceptors (Lipinski definition) is 4. The predicted molar refractivity (Wildman–Crippen MR) is 95.8 cm³/mol. The second-order valence-corrected chi connectivity index (χ2v) is 6.04. The fourth-order valence-electron chi connectivity index (χ4n) is 3.31. The molecule has 0 amide bonds. The second kappa shape index (κ2) is 5.92. The summed E-state index contributed by atoms with van der Waals surface area (Å²) in [5.74, 6) is 1.71. The predicted octanol–water partition coefficient (Wildman–Crippen LogP) is 5.31. The molecule has 1 fully saturated rings. The van der Waals surface area contributed by atoms with Crippen molar-refractivity contribution in [3.63, 3.8) is 0 Å². The number of para-hydroxylation sites is 4. The average molecular weight is 331 g/mol. The Balaban J connectivity index is 1.59. The van der Waals surface area contributed by atoms with Gasteiger partial charge in [0.05, 0.1) is 24.6 Å². The first-order valence-electron chi connectivity index (χ1n) is 8.39. The number of ether oxygens (including phenoxy) is 3. The molecular weight excluding hydrogens is 314 g/mol. The Kier molecular flexibility index (Phi) is 3.44. The van der Waals surface area contributed by atoms with Gasteiger partial charge in [0.1, 0.15) is 0 Å². The fraction of sp³-hybridized carbons (Fsp3) is 0.143. The van der Waals surface area contributed by atoms with Crippen LogP contribution < -0.4 is 9.64 Å². The second-order valence-electron chi connectivity index (χ2n) is 6.04. The van der Waals surface area contributed by atoms with Gasteiger partial charge in [-0.1, -0.05) is 36.4 Å². The van der Waals surface area contributed by atoms with Gasteiger partial charge >= 0.3 is 0 Å². The van der Waals surface area contributed by atoms with Crippen molar-refractivity contribution in [2.45, 2.75) is 6.29 Å². The van der Waals surface area contributed by atoms with Crippen LogP contribution in [0, 0.1) is 0 Å². The molecule has 0 atom stereocenters. The highest BCUT2D eigenvalue weighted by Crippen LogP contribution is 2.50. The Morgan fingerprint density at radius 1 is 0.680 bits per heavy atom. The molecule has 1 saturated heterocycles. The van der Waals surface area contributed by atoms with Gasteiger partial charge in [-0.05, 0) is 36.4 Å². The molecule has 3 aromatic carbocycles. The summed E-state index contributed by atoms with van der Waals surface area (Å²) in [6.45, 7) is 1.30. The molecule has 4 heteroatoms. The van der Waals surface area contributed by atoms with Crippen molar-refractivity contribution in [1.82, 2.24) is 0 Å². The van der Waals surface area contributed by atoms with Crippen LogP contribution in [0.3, 0.4) is 0 Å². The van der Waals surface area contributed by atoms with E-state index < -0.39 is 0 Å². The van der Waals surface area contributed by atoms with Crippen molar-refractivity contribution >= 4 is 17.1 Å². The topological polar surface area (TPSA) is 30.9 Å². The van der Waals surface area contributed by atoms with Gasteiger partial charge in [-0.15, -0.1) is 0 Å². The molecule has 0 bridgehead atoms. The molecule has 2 aliphatic rings. The van der Waals surface area contributed by atoms with E-state index in [2.05, 4.69) is 41.3 Å². The van der Waals surface area contributed by atoms with Gasteiger partial charge in [0.25, 0.3) is 0 Å². The summed E-state index contributed by atoms with van der Waals surface area (Å²) < 4.78 is 17.2.